The number of ether oxygens (including phenoxy) is 1. The summed E-state index contributed by atoms with van der Waals surface area (Å²) >= 11 is 0. The van der Waals surface area contributed by atoms with Crippen LogP contribution >= 0.6 is 0 Å². The zero-order chi connectivity index (χ0) is 18.2. The Morgan fingerprint density at radius 3 is 2.17 bits per heavy atom. The molecule has 136 valence electrons. The Hall–Kier alpha value is -1.85. The average Bonchev–Trinajstić information content (AvgIpc) is 2.47. The highest BCUT2D eigenvalue weighted by molar-refractivity contribution is 5.94. The van der Waals surface area contributed by atoms with Gasteiger partial charge in [-0.2, -0.15) is 13.2 Å². The lowest BCUT2D eigenvalue weighted by atomic mass is 10.1. The van der Waals surface area contributed by atoms with Crippen molar-refractivity contribution in [3.05, 3.63) is 35.4 Å². The number of nitrogens with one attached hydrogen (secondary N) is 3. The molecule has 1 amide bonds. The Bertz CT molecular complexity index is 516. The van der Waals surface area contributed by atoms with Crippen molar-refractivity contribution in [1.29, 1.82) is 0 Å². The minimum absolute atomic E-state index is 0.0644. The van der Waals surface area contributed by atoms with E-state index in [2.05, 4.69) is 15.6 Å². The predicted octanol–water partition coefficient (Wildman–Crippen LogP) is 2.11. The quantitative estimate of drug-likeness (QED) is 0.378. The number of halogens is 6. The molecule has 0 saturated carbocycles. The van der Waals surface area contributed by atoms with Gasteiger partial charge in [-0.25, -0.2) is 0 Å². The zero-order valence-electron chi connectivity index (χ0n) is 12.2. The first-order valence-electron chi connectivity index (χ1n) is 6.67. The summed E-state index contributed by atoms with van der Waals surface area (Å²) in [5, 5.41) is 1.74. The van der Waals surface area contributed by atoms with Crippen molar-refractivity contribution in [1.82, 2.24) is 16.2 Å². The van der Waals surface area contributed by atoms with Crippen LogP contribution in [0.1, 0.15) is 15.9 Å². The molecule has 0 aromatic heterocycles. The van der Waals surface area contributed by atoms with Gasteiger partial charge in [0.25, 0.3) is 5.91 Å². The van der Waals surface area contributed by atoms with Crippen LogP contribution in [0.5, 0.6) is 0 Å². The van der Waals surface area contributed by atoms with Crippen LogP contribution in [-0.4, -0.2) is 38.1 Å². The molecule has 0 unspecified atom stereocenters. The molecule has 0 heterocycles. The fourth-order valence-electron chi connectivity index (χ4n) is 1.53. The van der Waals surface area contributed by atoms with Crippen LogP contribution in [0.15, 0.2) is 24.3 Å². The summed E-state index contributed by atoms with van der Waals surface area (Å²) < 4.78 is 74.6. The van der Waals surface area contributed by atoms with Crippen LogP contribution in [0, 0.1) is 0 Å². The summed E-state index contributed by atoms with van der Waals surface area (Å²) in [6.07, 6.45) is -9.16. The molecule has 0 bridgehead atoms. The van der Waals surface area contributed by atoms with Crippen LogP contribution < -0.4 is 16.2 Å². The molecule has 0 aliphatic carbocycles. The van der Waals surface area contributed by atoms with E-state index in [-0.39, 0.29) is 18.7 Å². The lowest BCUT2D eigenvalue weighted by Gasteiger charge is -2.10. The first-order valence-corrected chi connectivity index (χ1v) is 6.67. The van der Waals surface area contributed by atoms with Crippen molar-refractivity contribution in [3.8, 4) is 0 Å². The van der Waals surface area contributed by atoms with E-state index in [1.54, 1.807) is 5.32 Å². The molecule has 1 aromatic carbocycles. The lowest BCUT2D eigenvalue weighted by molar-refractivity contribution is -0.323. The van der Waals surface area contributed by atoms with E-state index in [0.717, 1.165) is 0 Å². The van der Waals surface area contributed by atoms with Crippen LogP contribution in [0.2, 0.25) is 0 Å². The smallest absolute Gasteiger partial charge is 0.343 e. The lowest BCUT2D eigenvalue weighted by Crippen LogP contribution is -2.35. The first kappa shape index (κ1) is 20.2. The third-order valence-corrected chi connectivity index (χ3v) is 2.58. The number of rotatable bonds is 8. The van der Waals surface area contributed by atoms with Crippen molar-refractivity contribution in [2.24, 2.45) is 0 Å². The number of benzene rings is 1. The van der Waals surface area contributed by atoms with Gasteiger partial charge >= 0.3 is 12.5 Å². The second-order valence-corrected chi connectivity index (χ2v) is 4.57. The monoisotopic (exact) mass is 359 g/mol. The van der Waals surface area contributed by atoms with Crippen LogP contribution in [0.25, 0.3) is 0 Å². The Kier molecular flexibility index (Phi) is 7.45. The molecule has 0 saturated heterocycles. The highest BCUT2D eigenvalue weighted by Crippen LogP contribution is 2.15. The number of hydrazine groups is 1. The van der Waals surface area contributed by atoms with Crippen LogP contribution in [-0.2, 0) is 11.3 Å². The Morgan fingerprint density at radius 1 is 1.00 bits per heavy atom. The Balaban J connectivity index is 2.28. The summed E-state index contributed by atoms with van der Waals surface area (Å²) in [5.74, 6) is -0.853. The number of hydrogen-bond acceptors (Lipinski definition) is 4. The van der Waals surface area contributed by atoms with Crippen molar-refractivity contribution in [2.75, 3.05) is 19.7 Å². The number of carbonyl (C=O) groups excluding carboxylic acids is 1. The van der Waals surface area contributed by atoms with E-state index >= 15 is 0 Å². The largest absolute Gasteiger partial charge is 0.522 e. The topological polar surface area (TPSA) is 62.4 Å². The molecule has 0 fully saturated rings. The van der Waals surface area contributed by atoms with Gasteiger partial charge in [0.15, 0.2) is 0 Å². The van der Waals surface area contributed by atoms with Gasteiger partial charge in [0.2, 0.25) is 0 Å². The molecule has 1 aromatic rings. The Labute approximate surface area is 133 Å². The van der Waals surface area contributed by atoms with Gasteiger partial charge < -0.3 is 5.32 Å². The number of hydrogen-bond donors (Lipinski definition) is 3. The average molecular weight is 359 g/mol. The van der Waals surface area contributed by atoms with Crippen molar-refractivity contribution in [2.45, 2.75) is 19.1 Å². The maximum Gasteiger partial charge on any atom is 0.522 e. The van der Waals surface area contributed by atoms with Gasteiger partial charge in [-0.3, -0.25) is 20.4 Å². The van der Waals surface area contributed by atoms with Crippen LogP contribution in [0.3, 0.4) is 0 Å². The molecule has 0 atom stereocenters. The van der Waals surface area contributed by atoms with Crippen molar-refractivity contribution < 1.29 is 35.9 Å². The molecule has 24 heavy (non-hydrogen) atoms. The van der Waals surface area contributed by atoms with Gasteiger partial charge in [0.05, 0.1) is 6.61 Å². The minimum atomic E-state index is -4.68. The van der Waals surface area contributed by atoms with Crippen molar-refractivity contribution in [3.63, 3.8) is 0 Å². The second-order valence-electron chi connectivity index (χ2n) is 4.57. The van der Waals surface area contributed by atoms with E-state index in [9.17, 15) is 31.1 Å². The Morgan fingerprint density at radius 2 is 1.62 bits per heavy atom. The van der Waals surface area contributed by atoms with Crippen molar-refractivity contribution >= 4 is 5.91 Å². The molecular formula is C13H15F6N3O2. The van der Waals surface area contributed by atoms with E-state index < -0.39 is 31.6 Å². The third kappa shape index (κ3) is 9.33. The van der Waals surface area contributed by atoms with Gasteiger partial charge in [-0.1, -0.05) is 12.1 Å². The molecule has 1 rings (SSSR count). The van der Waals surface area contributed by atoms with E-state index in [1.807, 2.05) is 0 Å². The molecule has 0 aliphatic heterocycles. The summed E-state index contributed by atoms with van der Waals surface area (Å²) in [6.45, 7) is -1.83. The zero-order valence-corrected chi connectivity index (χ0v) is 12.2. The normalized spacial score (nSPS) is 12.2. The fourth-order valence-corrected chi connectivity index (χ4v) is 1.53. The minimum Gasteiger partial charge on any atom is -0.343 e. The molecule has 0 spiro atoms. The second kappa shape index (κ2) is 8.85. The predicted molar refractivity (Wildman–Crippen MR) is 71.7 cm³/mol. The number of amides is 1. The molecular weight excluding hydrogens is 344 g/mol. The summed E-state index contributed by atoms with van der Waals surface area (Å²) in [6, 6.07) is 5.69. The van der Waals surface area contributed by atoms with Gasteiger partial charge in [0.1, 0.15) is 6.54 Å². The highest BCUT2D eigenvalue weighted by Gasteiger charge is 2.28. The molecule has 5 nitrogen and oxygen atoms in total. The molecule has 0 aliphatic rings. The van der Waals surface area contributed by atoms with Gasteiger partial charge in [0, 0.05) is 18.7 Å². The molecule has 3 N–H and O–H groups in total. The standard InChI is InChI=1S/C13H15F6N3O2/c14-12(15,16)8-20-11(23)10-3-1-9(2-4-10)7-22-21-5-6-24-13(17,18)19/h1-4,21-22H,5-8H2,(H,20,23). The van der Waals surface area contributed by atoms with E-state index in [0.29, 0.717) is 5.56 Å². The summed E-state index contributed by atoms with van der Waals surface area (Å²) in [4.78, 5) is 11.5. The molecule has 11 heteroatoms. The highest BCUT2D eigenvalue weighted by atomic mass is 19.4. The number of alkyl halides is 6. The summed E-state index contributed by atoms with van der Waals surface area (Å²) in [7, 11) is 0. The number of carbonyl (C=O) groups is 1. The maximum atomic E-state index is 12.0. The third-order valence-electron chi connectivity index (χ3n) is 2.58. The van der Waals surface area contributed by atoms with Crippen LogP contribution in [0.4, 0.5) is 26.3 Å². The fraction of sp³-hybridized carbons (Fsp3) is 0.462. The van der Waals surface area contributed by atoms with E-state index in [4.69, 9.17) is 0 Å². The maximum absolute atomic E-state index is 12.0. The molecule has 0 radical (unpaired) electrons. The first-order chi connectivity index (χ1) is 11.1. The van der Waals surface area contributed by atoms with E-state index in [1.165, 1.54) is 24.3 Å². The SMILES string of the molecule is O=C(NCC(F)(F)F)c1ccc(CNNCCOC(F)(F)F)cc1. The summed E-state index contributed by atoms with van der Waals surface area (Å²) in [5.41, 5.74) is 5.87. The van der Waals surface area contributed by atoms with Gasteiger partial charge in [-0.15, -0.1) is 13.2 Å². The van der Waals surface area contributed by atoms with Gasteiger partial charge in [-0.05, 0) is 17.7 Å².